The van der Waals surface area contributed by atoms with E-state index in [-0.39, 0.29) is 4.90 Å². The smallest absolute Gasteiger partial charge is 0.423 e. The normalized spacial score (nSPS) is 18.4. The Bertz CT molecular complexity index is 514. The quantitative estimate of drug-likeness (QED) is 0.643. The summed E-state index contributed by atoms with van der Waals surface area (Å²) in [6, 6.07) is 4.36. The SMILES string of the molecule is CCN1Cc2cc(B(O)O)ccc2S1(=O)=O. The van der Waals surface area contributed by atoms with Crippen LogP contribution in [0.1, 0.15) is 12.5 Å². The summed E-state index contributed by atoms with van der Waals surface area (Å²) in [5, 5.41) is 18.0. The molecule has 0 bridgehead atoms. The molecule has 1 heterocycles. The Morgan fingerprint density at radius 2 is 2.12 bits per heavy atom. The average molecular weight is 241 g/mol. The molecule has 0 spiro atoms. The van der Waals surface area contributed by atoms with Crippen LogP contribution in [-0.2, 0) is 16.6 Å². The second kappa shape index (κ2) is 3.85. The van der Waals surface area contributed by atoms with Crippen LogP contribution >= 0.6 is 0 Å². The fourth-order valence-electron chi connectivity index (χ4n) is 1.83. The van der Waals surface area contributed by atoms with Gasteiger partial charge in [0.15, 0.2) is 0 Å². The topological polar surface area (TPSA) is 77.8 Å². The second-order valence-electron chi connectivity index (χ2n) is 3.67. The summed E-state index contributed by atoms with van der Waals surface area (Å²) in [6.45, 7) is 2.48. The Labute approximate surface area is 94.5 Å². The average Bonchev–Trinajstić information content (AvgIpc) is 2.49. The first-order valence-electron chi connectivity index (χ1n) is 4.96. The zero-order valence-corrected chi connectivity index (χ0v) is 9.61. The van der Waals surface area contributed by atoms with E-state index < -0.39 is 17.1 Å². The van der Waals surface area contributed by atoms with Gasteiger partial charge in [0.25, 0.3) is 0 Å². The van der Waals surface area contributed by atoms with E-state index in [1.165, 1.54) is 22.5 Å². The summed E-state index contributed by atoms with van der Waals surface area (Å²) >= 11 is 0. The lowest BCUT2D eigenvalue weighted by atomic mass is 9.79. The minimum absolute atomic E-state index is 0.263. The number of nitrogens with zero attached hydrogens (tertiary/aromatic N) is 1. The van der Waals surface area contributed by atoms with Crippen molar-refractivity contribution in [1.29, 1.82) is 0 Å². The molecule has 0 aromatic heterocycles. The first-order chi connectivity index (χ1) is 7.46. The highest BCUT2D eigenvalue weighted by Gasteiger charge is 2.33. The number of hydrogen-bond donors (Lipinski definition) is 2. The summed E-state index contributed by atoms with van der Waals surface area (Å²) in [5.41, 5.74) is 0.930. The molecular formula is C9H12BNO4S. The summed E-state index contributed by atoms with van der Waals surface area (Å²) in [5.74, 6) is 0. The molecule has 0 fully saturated rings. The van der Waals surface area contributed by atoms with Crippen LogP contribution in [0.5, 0.6) is 0 Å². The van der Waals surface area contributed by atoms with E-state index in [1.807, 2.05) is 0 Å². The van der Waals surface area contributed by atoms with Crippen LogP contribution < -0.4 is 5.46 Å². The van der Waals surface area contributed by atoms with Gasteiger partial charge in [-0.2, -0.15) is 4.31 Å². The molecule has 1 aromatic carbocycles. The lowest BCUT2D eigenvalue weighted by molar-refractivity contribution is 0.425. The van der Waals surface area contributed by atoms with Gasteiger partial charge in [-0.05, 0) is 17.1 Å². The van der Waals surface area contributed by atoms with Gasteiger partial charge in [0.05, 0.1) is 4.90 Å². The van der Waals surface area contributed by atoms with Crippen molar-refractivity contribution >= 4 is 22.6 Å². The van der Waals surface area contributed by atoms with Crippen molar-refractivity contribution < 1.29 is 18.5 Å². The Hall–Kier alpha value is -0.885. The van der Waals surface area contributed by atoms with Gasteiger partial charge in [0.1, 0.15) is 0 Å². The molecule has 86 valence electrons. The van der Waals surface area contributed by atoms with E-state index in [0.29, 0.717) is 24.1 Å². The highest BCUT2D eigenvalue weighted by Crippen LogP contribution is 2.28. The summed E-state index contributed by atoms with van der Waals surface area (Å²) < 4.78 is 25.1. The molecule has 1 aliphatic heterocycles. The van der Waals surface area contributed by atoms with Crippen molar-refractivity contribution in [2.45, 2.75) is 18.4 Å². The fraction of sp³-hybridized carbons (Fsp3) is 0.333. The van der Waals surface area contributed by atoms with Crippen molar-refractivity contribution in [3.8, 4) is 0 Å². The monoisotopic (exact) mass is 241 g/mol. The second-order valence-corrected chi connectivity index (χ2v) is 5.58. The van der Waals surface area contributed by atoms with Crippen molar-refractivity contribution in [3.63, 3.8) is 0 Å². The standard InChI is InChI=1S/C9H12BNO4S/c1-2-11-6-7-5-8(10(12)13)3-4-9(7)16(11,14)15/h3-5,12-13H,2,6H2,1H3. The fourth-order valence-corrected chi connectivity index (χ4v) is 3.45. The molecule has 0 aliphatic carbocycles. The number of hydrogen-bond acceptors (Lipinski definition) is 4. The largest absolute Gasteiger partial charge is 0.488 e. The van der Waals surface area contributed by atoms with E-state index in [0.717, 1.165) is 0 Å². The van der Waals surface area contributed by atoms with E-state index in [1.54, 1.807) is 6.92 Å². The van der Waals surface area contributed by atoms with Crippen LogP contribution in [0, 0.1) is 0 Å². The highest BCUT2D eigenvalue weighted by molar-refractivity contribution is 7.89. The van der Waals surface area contributed by atoms with Crippen LogP contribution in [-0.4, -0.2) is 36.4 Å². The van der Waals surface area contributed by atoms with Gasteiger partial charge >= 0.3 is 7.12 Å². The van der Waals surface area contributed by atoms with Crippen LogP contribution in [0.2, 0.25) is 0 Å². The maximum absolute atomic E-state index is 11.9. The van der Waals surface area contributed by atoms with Gasteiger partial charge in [0, 0.05) is 13.1 Å². The van der Waals surface area contributed by atoms with Gasteiger partial charge in [-0.3, -0.25) is 0 Å². The molecule has 16 heavy (non-hydrogen) atoms. The summed E-state index contributed by atoms with van der Waals surface area (Å²) in [6.07, 6.45) is 0. The first-order valence-corrected chi connectivity index (χ1v) is 6.40. The first kappa shape index (κ1) is 11.6. The van der Waals surface area contributed by atoms with Crippen LogP contribution in [0.4, 0.5) is 0 Å². The third-order valence-corrected chi connectivity index (χ3v) is 4.72. The van der Waals surface area contributed by atoms with Crippen molar-refractivity contribution in [1.82, 2.24) is 4.31 Å². The molecule has 2 N–H and O–H groups in total. The molecule has 2 rings (SSSR count). The molecule has 0 unspecified atom stereocenters. The number of rotatable bonds is 2. The number of benzene rings is 1. The minimum Gasteiger partial charge on any atom is -0.423 e. The van der Waals surface area contributed by atoms with E-state index >= 15 is 0 Å². The van der Waals surface area contributed by atoms with E-state index in [9.17, 15) is 8.42 Å². The predicted molar refractivity (Wildman–Crippen MR) is 59.5 cm³/mol. The highest BCUT2D eigenvalue weighted by atomic mass is 32.2. The molecule has 0 saturated heterocycles. The Morgan fingerprint density at radius 1 is 1.44 bits per heavy atom. The summed E-state index contributed by atoms with van der Waals surface area (Å²) in [7, 11) is -4.93. The Balaban J connectivity index is 2.52. The molecule has 1 aliphatic rings. The van der Waals surface area contributed by atoms with Crippen molar-refractivity contribution in [2.24, 2.45) is 0 Å². The predicted octanol–water partition coefficient (Wildman–Crippen LogP) is -1.11. The molecule has 0 radical (unpaired) electrons. The van der Waals surface area contributed by atoms with Gasteiger partial charge in [0.2, 0.25) is 10.0 Å². The Morgan fingerprint density at radius 3 is 2.69 bits per heavy atom. The zero-order valence-electron chi connectivity index (χ0n) is 8.79. The number of fused-ring (bicyclic) bond motifs is 1. The maximum Gasteiger partial charge on any atom is 0.488 e. The molecule has 0 amide bonds. The summed E-state index contributed by atoms with van der Waals surface area (Å²) in [4.78, 5) is 0.263. The van der Waals surface area contributed by atoms with E-state index in [2.05, 4.69) is 0 Å². The number of sulfonamides is 1. The van der Waals surface area contributed by atoms with Crippen molar-refractivity contribution in [2.75, 3.05) is 6.54 Å². The van der Waals surface area contributed by atoms with Gasteiger partial charge in [-0.15, -0.1) is 0 Å². The zero-order chi connectivity index (χ0) is 11.9. The van der Waals surface area contributed by atoms with Crippen LogP contribution in [0.3, 0.4) is 0 Å². The lowest BCUT2D eigenvalue weighted by Gasteiger charge is -2.09. The molecule has 1 aromatic rings. The van der Waals surface area contributed by atoms with Gasteiger partial charge in [-0.1, -0.05) is 19.1 Å². The van der Waals surface area contributed by atoms with Gasteiger partial charge < -0.3 is 10.0 Å². The van der Waals surface area contributed by atoms with Gasteiger partial charge in [-0.25, -0.2) is 8.42 Å². The molecule has 0 atom stereocenters. The van der Waals surface area contributed by atoms with Crippen molar-refractivity contribution in [3.05, 3.63) is 23.8 Å². The third-order valence-electron chi connectivity index (χ3n) is 2.70. The lowest BCUT2D eigenvalue weighted by Crippen LogP contribution is -2.30. The molecule has 0 saturated carbocycles. The molecule has 5 nitrogen and oxygen atoms in total. The molecule has 7 heteroatoms. The third kappa shape index (κ3) is 1.65. The van der Waals surface area contributed by atoms with E-state index in [4.69, 9.17) is 10.0 Å². The Kier molecular flexibility index (Phi) is 2.79. The van der Waals surface area contributed by atoms with Crippen LogP contribution in [0.25, 0.3) is 0 Å². The maximum atomic E-state index is 11.9. The molecular weight excluding hydrogens is 229 g/mol. The van der Waals surface area contributed by atoms with Crippen LogP contribution in [0.15, 0.2) is 23.1 Å². The minimum atomic E-state index is -3.37.